The van der Waals surface area contributed by atoms with Crippen molar-refractivity contribution >= 4 is 23.2 Å². The van der Waals surface area contributed by atoms with E-state index in [0.717, 1.165) is 22.6 Å². The molecule has 1 aromatic heterocycles. The molecule has 2 aliphatic heterocycles. The molecule has 7 heteroatoms. The molecule has 2 aromatic carbocycles. The maximum Gasteiger partial charge on any atom is 0.269 e. The second-order valence-corrected chi connectivity index (χ2v) is 7.49. The fourth-order valence-electron chi connectivity index (χ4n) is 4.19. The third-order valence-electron chi connectivity index (χ3n) is 5.59. The molecule has 7 nitrogen and oxygen atoms in total. The summed E-state index contributed by atoms with van der Waals surface area (Å²) in [4.78, 5) is 27.5. The van der Waals surface area contributed by atoms with Gasteiger partial charge in [-0.1, -0.05) is 42.5 Å². The van der Waals surface area contributed by atoms with Crippen LogP contribution < -0.4 is 15.5 Å². The van der Waals surface area contributed by atoms with Gasteiger partial charge in [0, 0.05) is 25.2 Å². The van der Waals surface area contributed by atoms with Gasteiger partial charge in [-0.2, -0.15) is 5.10 Å². The van der Waals surface area contributed by atoms with E-state index < -0.39 is 0 Å². The van der Waals surface area contributed by atoms with Gasteiger partial charge in [-0.15, -0.1) is 0 Å². The molecule has 3 aromatic rings. The molecule has 0 saturated carbocycles. The maximum absolute atomic E-state index is 12.9. The van der Waals surface area contributed by atoms with E-state index in [-0.39, 0.29) is 23.9 Å². The van der Waals surface area contributed by atoms with Crippen molar-refractivity contribution in [2.45, 2.75) is 18.5 Å². The summed E-state index contributed by atoms with van der Waals surface area (Å²) < 4.78 is 1.60. The third-order valence-corrected chi connectivity index (χ3v) is 5.59. The summed E-state index contributed by atoms with van der Waals surface area (Å²) in [5, 5.41) is 10.5. The minimum absolute atomic E-state index is 0.0210. The van der Waals surface area contributed by atoms with Gasteiger partial charge in [-0.05, 0) is 24.6 Å². The van der Waals surface area contributed by atoms with E-state index >= 15 is 0 Å². The molecule has 0 radical (unpaired) electrons. The summed E-state index contributed by atoms with van der Waals surface area (Å²) >= 11 is 0. The second kappa shape index (κ2) is 6.77. The predicted octanol–water partition coefficient (Wildman–Crippen LogP) is 2.42. The van der Waals surface area contributed by atoms with Crippen LogP contribution in [0.3, 0.4) is 0 Å². The highest BCUT2D eigenvalue weighted by atomic mass is 16.2. The number of rotatable bonds is 3. The molecule has 2 unspecified atom stereocenters. The molecule has 0 spiro atoms. The number of amides is 2. The zero-order chi connectivity index (χ0) is 20.0. The SMILES string of the molecule is Cn1nc(-c2ccccc2)cc1C(=O)NC1CC2C(=O)Nc3ccccc3N2C1. The molecule has 2 aliphatic rings. The van der Waals surface area contributed by atoms with Crippen molar-refractivity contribution in [1.82, 2.24) is 15.1 Å². The first-order valence-corrected chi connectivity index (χ1v) is 9.67. The van der Waals surface area contributed by atoms with Gasteiger partial charge in [-0.25, -0.2) is 0 Å². The average molecular weight is 387 g/mol. The topological polar surface area (TPSA) is 79.3 Å². The summed E-state index contributed by atoms with van der Waals surface area (Å²) in [6.07, 6.45) is 0.579. The number of aromatic nitrogens is 2. The van der Waals surface area contributed by atoms with E-state index in [1.165, 1.54) is 0 Å². The summed E-state index contributed by atoms with van der Waals surface area (Å²) in [6, 6.07) is 19.0. The molecular weight excluding hydrogens is 366 g/mol. The van der Waals surface area contributed by atoms with Crippen LogP contribution in [-0.2, 0) is 11.8 Å². The van der Waals surface area contributed by atoms with Crippen LogP contribution in [0, 0.1) is 0 Å². The minimum Gasteiger partial charge on any atom is -0.356 e. The summed E-state index contributed by atoms with van der Waals surface area (Å²) in [7, 11) is 1.77. The Bertz CT molecular complexity index is 1090. The number of nitrogens with zero attached hydrogens (tertiary/aromatic N) is 3. The number of carbonyl (C=O) groups excluding carboxylic acids is 2. The molecule has 2 amide bonds. The molecule has 2 atom stereocenters. The van der Waals surface area contributed by atoms with Gasteiger partial charge < -0.3 is 15.5 Å². The Morgan fingerprint density at radius 2 is 1.90 bits per heavy atom. The van der Waals surface area contributed by atoms with Gasteiger partial charge in [0.1, 0.15) is 11.7 Å². The Balaban J connectivity index is 1.34. The number of hydrogen-bond acceptors (Lipinski definition) is 4. The van der Waals surface area contributed by atoms with E-state index in [0.29, 0.717) is 18.7 Å². The smallest absolute Gasteiger partial charge is 0.269 e. The summed E-state index contributed by atoms with van der Waals surface area (Å²) in [5.74, 6) is -0.201. The Labute approximate surface area is 168 Å². The maximum atomic E-state index is 12.9. The lowest BCUT2D eigenvalue weighted by Crippen LogP contribution is -2.44. The zero-order valence-corrected chi connectivity index (χ0v) is 16.0. The van der Waals surface area contributed by atoms with Crippen LogP contribution in [0.25, 0.3) is 11.3 Å². The monoisotopic (exact) mass is 387 g/mol. The molecule has 1 fully saturated rings. The number of benzene rings is 2. The summed E-state index contributed by atoms with van der Waals surface area (Å²) in [6.45, 7) is 0.601. The van der Waals surface area contributed by atoms with Gasteiger partial charge in [-0.3, -0.25) is 14.3 Å². The normalized spacial score (nSPS) is 20.0. The largest absolute Gasteiger partial charge is 0.356 e. The van der Waals surface area contributed by atoms with Gasteiger partial charge in [0.25, 0.3) is 5.91 Å². The van der Waals surface area contributed by atoms with Gasteiger partial charge in [0.2, 0.25) is 5.91 Å². The quantitative estimate of drug-likeness (QED) is 0.723. The Hall–Kier alpha value is -3.61. The number of fused-ring (bicyclic) bond motifs is 3. The Kier molecular flexibility index (Phi) is 4.08. The zero-order valence-electron chi connectivity index (χ0n) is 16.0. The molecule has 29 heavy (non-hydrogen) atoms. The molecule has 1 saturated heterocycles. The molecular formula is C22H21N5O2. The first kappa shape index (κ1) is 17.5. The number of carbonyl (C=O) groups is 2. The Morgan fingerprint density at radius 3 is 2.72 bits per heavy atom. The van der Waals surface area contributed by atoms with Crippen LogP contribution in [0.15, 0.2) is 60.7 Å². The number of hydrogen-bond donors (Lipinski definition) is 2. The van der Waals surface area contributed by atoms with E-state index in [9.17, 15) is 9.59 Å². The van der Waals surface area contributed by atoms with Gasteiger partial charge >= 0.3 is 0 Å². The van der Waals surface area contributed by atoms with Gasteiger partial charge in [0.05, 0.1) is 17.1 Å². The van der Waals surface area contributed by atoms with Crippen LogP contribution in [0.2, 0.25) is 0 Å². The summed E-state index contributed by atoms with van der Waals surface area (Å²) in [5.41, 5.74) is 4.04. The standard InChI is InChI=1S/C22H21N5O2/c1-26-19(12-17(25-26)14-7-3-2-4-8-14)21(28)23-15-11-20-22(29)24-16-9-5-6-10-18(16)27(20)13-15/h2-10,12,15,20H,11,13H2,1H3,(H,23,28)(H,24,29). The second-order valence-electron chi connectivity index (χ2n) is 7.49. The van der Waals surface area contributed by atoms with Crippen molar-refractivity contribution in [2.75, 3.05) is 16.8 Å². The first-order chi connectivity index (χ1) is 14.1. The van der Waals surface area contributed by atoms with Crippen LogP contribution >= 0.6 is 0 Å². The van der Waals surface area contributed by atoms with Crippen molar-refractivity contribution in [1.29, 1.82) is 0 Å². The lowest BCUT2D eigenvalue weighted by molar-refractivity contribution is -0.117. The molecule has 0 aliphatic carbocycles. The Morgan fingerprint density at radius 1 is 1.14 bits per heavy atom. The van der Waals surface area contributed by atoms with Crippen LogP contribution in [0.4, 0.5) is 11.4 Å². The number of nitrogens with one attached hydrogen (secondary N) is 2. The first-order valence-electron chi connectivity index (χ1n) is 9.67. The molecule has 0 bridgehead atoms. The van der Waals surface area contributed by atoms with Crippen LogP contribution in [-0.4, -0.2) is 40.2 Å². The van der Waals surface area contributed by atoms with Crippen LogP contribution in [0.1, 0.15) is 16.9 Å². The van der Waals surface area contributed by atoms with Crippen LogP contribution in [0.5, 0.6) is 0 Å². The lowest BCUT2D eigenvalue weighted by atomic mass is 10.1. The fraction of sp³-hybridized carbons (Fsp3) is 0.227. The third kappa shape index (κ3) is 3.04. The number of para-hydroxylation sites is 2. The lowest BCUT2D eigenvalue weighted by Gasteiger charge is -2.32. The van der Waals surface area contributed by atoms with Gasteiger partial charge in [0.15, 0.2) is 0 Å². The minimum atomic E-state index is -0.262. The van der Waals surface area contributed by atoms with E-state index in [2.05, 4.69) is 20.6 Å². The van der Waals surface area contributed by atoms with Crippen molar-refractivity contribution in [3.05, 3.63) is 66.4 Å². The fourth-order valence-corrected chi connectivity index (χ4v) is 4.19. The number of aryl methyl sites for hydroxylation is 1. The van der Waals surface area contributed by atoms with E-state index in [1.54, 1.807) is 17.8 Å². The van der Waals surface area contributed by atoms with Crippen molar-refractivity contribution in [3.8, 4) is 11.3 Å². The van der Waals surface area contributed by atoms with Crippen molar-refractivity contribution in [3.63, 3.8) is 0 Å². The molecule has 2 N–H and O–H groups in total. The van der Waals surface area contributed by atoms with E-state index in [1.807, 2.05) is 54.6 Å². The highest BCUT2D eigenvalue weighted by Gasteiger charge is 2.41. The molecule has 146 valence electrons. The van der Waals surface area contributed by atoms with Crippen molar-refractivity contribution < 1.29 is 9.59 Å². The highest BCUT2D eigenvalue weighted by Crippen LogP contribution is 2.36. The molecule has 3 heterocycles. The number of anilines is 2. The average Bonchev–Trinajstić information content (AvgIpc) is 3.33. The van der Waals surface area contributed by atoms with Crippen molar-refractivity contribution in [2.24, 2.45) is 7.05 Å². The molecule has 5 rings (SSSR count). The predicted molar refractivity (Wildman–Crippen MR) is 111 cm³/mol. The highest BCUT2D eigenvalue weighted by molar-refractivity contribution is 6.04. The van der Waals surface area contributed by atoms with E-state index in [4.69, 9.17) is 0 Å².